The number of rotatable bonds is 8. The second-order valence-corrected chi connectivity index (χ2v) is 9.38. The molecular weight excluding hydrogens is 489 g/mol. The number of non-ortho nitro benzene ring substituents is 1. The van der Waals surface area contributed by atoms with E-state index >= 15 is 0 Å². The van der Waals surface area contributed by atoms with Crippen LogP contribution >= 0.6 is 24.8 Å². The molecule has 1 aliphatic rings. The smallest absolute Gasteiger partial charge is 0.339 e. The molecule has 1 heterocycles. The first-order valence-electron chi connectivity index (χ1n) is 11.6. The van der Waals surface area contributed by atoms with Crippen molar-refractivity contribution < 1.29 is 14.5 Å². The van der Waals surface area contributed by atoms with Crippen LogP contribution in [0.4, 0.5) is 5.69 Å². The van der Waals surface area contributed by atoms with Crippen molar-refractivity contribution >= 4 is 36.5 Å². The van der Waals surface area contributed by atoms with E-state index in [1.165, 1.54) is 24.3 Å². The van der Waals surface area contributed by atoms with Gasteiger partial charge in [-0.2, -0.15) is 0 Å². The van der Waals surface area contributed by atoms with Crippen molar-refractivity contribution in [1.82, 2.24) is 9.80 Å². The summed E-state index contributed by atoms with van der Waals surface area (Å²) in [5, 5.41) is 11.0. The molecule has 9 heteroatoms. The van der Waals surface area contributed by atoms with Crippen molar-refractivity contribution in [2.45, 2.75) is 45.8 Å². The van der Waals surface area contributed by atoms with E-state index in [4.69, 9.17) is 4.74 Å². The summed E-state index contributed by atoms with van der Waals surface area (Å²) in [6, 6.07) is 15.9. The van der Waals surface area contributed by atoms with Crippen LogP contribution < -0.4 is 0 Å². The summed E-state index contributed by atoms with van der Waals surface area (Å²) in [7, 11) is 2.12. The van der Waals surface area contributed by atoms with Crippen LogP contribution in [0.5, 0.6) is 0 Å². The van der Waals surface area contributed by atoms with Crippen molar-refractivity contribution in [3.05, 3.63) is 75.8 Å². The molecule has 2 aromatic carbocycles. The fourth-order valence-corrected chi connectivity index (χ4v) is 5.10. The van der Waals surface area contributed by atoms with Gasteiger partial charge in [0, 0.05) is 43.1 Å². The summed E-state index contributed by atoms with van der Waals surface area (Å²) < 4.78 is 6.51. The summed E-state index contributed by atoms with van der Waals surface area (Å²) in [6.07, 6.45) is 0.657. The molecule has 0 aliphatic carbocycles. The highest BCUT2D eigenvalue weighted by molar-refractivity contribution is 5.90. The van der Waals surface area contributed by atoms with Crippen LogP contribution in [0.1, 0.15) is 50.0 Å². The van der Waals surface area contributed by atoms with Gasteiger partial charge in [0.15, 0.2) is 0 Å². The van der Waals surface area contributed by atoms with E-state index < -0.39 is 16.5 Å². The maximum Gasteiger partial charge on any atom is 0.339 e. The Hall–Kier alpha value is -2.19. The number of nitro benzene ring substituents is 1. The first-order valence-corrected chi connectivity index (χ1v) is 11.6. The Labute approximate surface area is 220 Å². The average molecular weight is 527 g/mol. The number of hydrogen-bond donors (Lipinski definition) is 0. The van der Waals surface area contributed by atoms with E-state index in [2.05, 4.69) is 44.5 Å². The topological polar surface area (TPSA) is 75.9 Å². The van der Waals surface area contributed by atoms with Crippen LogP contribution in [0.2, 0.25) is 0 Å². The van der Waals surface area contributed by atoms with E-state index in [0.29, 0.717) is 12.0 Å². The Balaban J connectivity index is 0.00000306. The molecule has 3 rings (SSSR count). The summed E-state index contributed by atoms with van der Waals surface area (Å²) in [5.41, 5.74) is 0.0193. The van der Waals surface area contributed by atoms with Crippen molar-refractivity contribution in [2.75, 3.05) is 33.2 Å². The minimum atomic E-state index is -0.846. The molecule has 3 atom stereocenters. The van der Waals surface area contributed by atoms with Crippen molar-refractivity contribution in [3.63, 3.8) is 0 Å². The molecule has 7 nitrogen and oxygen atoms in total. The third-order valence-electron chi connectivity index (χ3n) is 7.20. The van der Waals surface area contributed by atoms with Crippen LogP contribution in [0.15, 0.2) is 54.6 Å². The second-order valence-electron chi connectivity index (χ2n) is 9.38. The fourth-order valence-electron chi connectivity index (χ4n) is 5.10. The zero-order chi connectivity index (χ0) is 24.2. The van der Waals surface area contributed by atoms with Crippen LogP contribution in [-0.2, 0) is 10.3 Å². The molecule has 0 aromatic heterocycles. The predicted molar refractivity (Wildman–Crippen MR) is 144 cm³/mol. The predicted octanol–water partition coefficient (Wildman–Crippen LogP) is 5.56. The van der Waals surface area contributed by atoms with Crippen molar-refractivity contribution in [2.24, 2.45) is 5.41 Å². The van der Waals surface area contributed by atoms with E-state index in [1.807, 2.05) is 30.3 Å². The zero-order valence-corrected chi connectivity index (χ0v) is 22.7. The zero-order valence-electron chi connectivity index (χ0n) is 21.1. The number of halogens is 2. The standard InChI is InChI=1S/C26H35N3O4.2ClH/c1-6-28(7-2)19-25(4)18-27(5)20(3)17-26(25,22-11-9-8-10-12-22)33-24(30)21-13-15-23(16-14-21)29(31)32;;/h8-16,20H,6-7,17-19H2,1-5H3;2*1H. The van der Waals surface area contributed by atoms with Gasteiger partial charge in [-0.25, -0.2) is 4.79 Å². The van der Waals surface area contributed by atoms with Crippen LogP contribution in [0.3, 0.4) is 0 Å². The normalized spacial score (nSPS) is 24.2. The first kappa shape index (κ1) is 30.8. The van der Waals surface area contributed by atoms with Crippen molar-refractivity contribution in [1.29, 1.82) is 0 Å². The fraction of sp³-hybridized carbons (Fsp3) is 0.500. The number of carbonyl (C=O) groups excluding carboxylic acids is 1. The van der Waals surface area contributed by atoms with Gasteiger partial charge in [-0.15, -0.1) is 24.8 Å². The number of esters is 1. The van der Waals surface area contributed by atoms with Gasteiger partial charge in [-0.3, -0.25) is 10.1 Å². The molecule has 0 N–H and O–H groups in total. The lowest BCUT2D eigenvalue weighted by Gasteiger charge is -2.56. The molecule has 0 amide bonds. The SMILES string of the molecule is CCN(CC)CC1(C)CN(C)C(C)CC1(OC(=O)c1ccc([N+](=O)[O-])cc1)c1ccccc1.Cl.Cl. The molecule has 1 saturated heterocycles. The molecule has 1 aliphatic heterocycles. The van der Waals surface area contributed by atoms with Gasteiger partial charge in [-0.05, 0) is 44.8 Å². The van der Waals surface area contributed by atoms with E-state index in [-0.39, 0.29) is 42.0 Å². The lowest BCUT2D eigenvalue weighted by atomic mass is 9.63. The summed E-state index contributed by atoms with van der Waals surface area (Å²) in [4.78, 5) is 28.7. The van der Waals surface area contributed by atoms with Crippen LogP contribution in [-0.4, -0.2) is 60.0 Å². The number of hydrogen-bond acceptors (Lipinski definition) is 6. The quantitative estimate of drug-likeness (QED) is 0.255. The number of likely N-dealkylation sites (tertiary alicyclic amines) is 1. The highest BCUT2D eigenvalue weighted by Gasteiger charge is 2.57. The molecule has 0 saturated carbocycles. The van der Waals surface area contributed by atoms with Gasteiger partial charge in [0.2, 0.25) is 0 Å². The van der Waals surface area contributed by atoms with Gasteiger partial charge in [0.25, 0.3) is 5.69 Å². The van der Waals surface area contributed by atoms with Gasteiger partial charge >= 0.3 is 5.97 Å². The number of benzene rings is 2. The van der Waals surface area contributed by atoms with E-state index in [9.17, 15) is 14.9 Å². The van der Waals surface area contributed by atoms with E-state index in [1.54, 1.807) is 0 Å². The molecule has 1 fully saturated rings. The average Bonchev–Trinajstić information content (AvgIpc) is 2.81. The van der Waals surface area contributed by atoms with Gasteiger partial charge in [-0.1, -0.05) is 51.1 Å². The maximum absolute atomic E-state index is 13.5. The van der Waals surface area contributed by atoms with Crippen LogP contribution in [0.25, 0.3) is 0 Å². The summed E-state index contributed by atoms with van der Waals surface area (Å²) in [6.45, 7) is 12.0. The van der Waals surface area contributed by atoms with E-state index in [0.717, 1.165) is 31.7 Å². The Morgan fingerprint density at radius 3 is 2.20 bits per heavy atom. The lowest BCUT2D eigenvalue weighted by molar-refractivity contribution is -0.384. The van der Waals surface area contributed by atoms with Gasteiger partial charge in [0.1, 0.15) is 5.60 Å². The highest BCUT2D eigenvalue weighted by atomic mass is 35.5. The molecular formula is C26H37Cl2N3O4. The number of nitro groups is 1. The highest BCUT2D eigenvalue weighted by Crippen LogP contribution is 2.51. The Morgan fingerprint density at radius 1 is 1.11 bits per heavy atom. The minimum absolute atomic E-state index is 0. The first-order chi connectivity index (χ1) is 15.7. The minimum Gasteiger partial charge on any atom is -0.450 e. The number of piperidine rings is 1. The summed E-state index contributed by atoms with van der Waals surface area (Å²) in [5.74, 6) is -0.462. The lowest BCUT2D eigenvalue weighted by Crippen LogP contribution is -2.63. The van der Waals surface area contributed by atoms with Gasteiger partial charge in [0.05, 0.1) is 10.5 Å². The molecule has 3 unspecified atom stereocenters. The molecule has 0 bridgehead atoms. The van der Waals surface area contributed by atoms with Crippen LogP contribution in [0, 0.1) is 15.5 Å². The third-order valence-corrected chi connectivity index (χ3v) is 7.20. The molecule has 35 heavy (non-hydrogen) atoms. The molecule has 0 spiro atoms. The van der Waals surface area contributed by atoms with Gasteiger partial charge < -0.3 is 14.5 Å². The molecule has 2 aromatic rings. The number of carbonyl (C=O) groups is 1. The largest absolute Gasteiger partial charge is 0.450 e. The summed E-state index contributed by atoms with van der Waals surface area (Å²) >= 11 is 0. The molecule has 0 radical (unpaired) electrons. The maximum atomic E-state index is 13.5. The van der Waals surface area contributed by atoms with Crippen molar-refractivity contribution in [3.8, 4) is 0 Å². The second kappa shape index (κ2) is 12.7. The Morgan fingerprint density at radius 2 is 1.69 bits per heavy atom. The number of nitrogens with zero attached hydrogens (tertiary/aromatic N) is 3. The number of ether oxygens (including phenoxy) is 1. The Bertz CT molecular complexity index is 972. The third kappa shape index (κ3) is 6.33. The monoisotopic (exact) mass is 525 g/mol. The molecule has 194 valence electrons. The Kier molecular flexibility index (Phi) is 11.2.